The van der Waals surface area contributed by atoms with E-state index in [2.05, 4.69) is 46.7 Å². The molecule has 0 amide bonds. The molecule has 0 spiro atoms. The Balaban J connectivity index is 2.27. The lowest BCUT2D eigenvalue weighted by Crippen LogP contribution is -2.13. The summed E-state index contributed by atoms with van der Waals surface area (Å²) in [5, 5.41) is 0. The lowest BCUT2D eigenvalue weighted by Gasteiger charge is -2.22. The molecule has 0 radical (unpaired) electrons. The Bertz CT molecular complexity index is 694. The summed E-state index contributed by atoms with van der Waals surface area (Å²) in [7, 11) is 4.28. The monoisotopic (exact) mass is 297 g/mol. The largest absolute Gasteiger partial charge is 0.377 e. The first-order valence-corrected chi connectivity index (χ1v) is 8.51. The SMILES string of the molecule is CCC1=C(N(C)C)c2c(C)c3c(c(C)c2C1)C(=O)C(CC)C3. The molecule has 0 aromatic heterocycles. The molecule has 1 aromatic carbocycles. The minimum Gasteiger partial charge on any atom is -0.377 e. The van der Waals surface area contributed by atoms with Crippen molar-refractivity contribution in [3.05, 3.63) is 39.0 Å². The molecule has 0 fully saturated rings. The first kappa shape index (κ1) is 15.3. The smallest absolute Gasteiger partial charge is 0.166 e. The molecule has 3 rings (SSSR count). The average molecular weight is 297 g/mol. The topological polar surface area (TPSA) is 20.3 Å². The summed E-state index contributed by atoms with van der Waals surface area (Å²) in [6.07, 6.45) is 3.99. The summed E-state index contributed by atoms with van der Waals surface area (Å²) in [4.78, 5) is 15.0. The van der Waals surface area contributed by atoms with Gasteiger partial charge in [0, 0.05) is 36.8 Å². The third-order valence-corrected chi connectivity index (χ3v) is 5.66. The molecule has 0 aliphatic heterocycles. The van der Waals surface area contributed by atoms with Crippen molar-refractivity contribution in [2.24, 2.45) is 5.92 Å². The highest BCUT2D eigenvalue weighted by Crippen LogP contribution is 2.45. The van der Waals surface area contributed by atoms with Gasteiger partial charge in [-0.2, -0.15) is 0 Å². The maximum absolute atomic E-state index is 12.7. The number of hydrogen-bond acceptors (Lipinski definition) is 2. The normalized spacial score (nSPS) is 19.7. The van der Waals surface area contributed by atoms with Gasteiger partial charge < -0.3 is 4.90 Å². The Kier molecular flexibility index (Phi) is 3.66. The van der Waals surface area contributed by atoms with Crippen molar-refractivity contribution in [2.45, 2.75) is 53.4 Å². The van der Waals surface area contributed by atoms with Gasteiger partial charge in [0.05, 0.1) is 0 Å². The minimum atomic E-state index is 0.201. The first-order valence-electron chi connectivity index (χ1n) is 8.51. The van der Waals surface area contributed by atoms with E-state index in [0.29, 0.717) is 5.78 Å². The number of Topliss-reactive ketones (excluding diaryl/α,β-unsaturated/α-hetero) is 1. The molecule has 22 heavy (non-hydrogen) atoms. The quantitative estimate of drug-likeness (QED) is 0.828. The van der Waals surface area contributed by atoms with E-state index < -0.39 is 0 Å². The highest BCUT2D eigenvalue weighted by Gasteiger charge is 2.37. The Morgan fingerprint density at radius 2 is 1.68 bits per heavy atom. The van der Waals surface area contributed by atoms with Gasteiger partial charge in [-0.3, -0.25) is 4.79 Å². The van der Waals surface area contributed by atoms with Crippen LogP contribution in [0.4, 0.5) is 0 Å². The van der Waals surface area contributed by atoms with Crippen LogP contribution in [0.25, 0.3) is 5.70 Å². The number of hydrogen-bond donors (Lipinski definition) is 0. The number of benzene rings is 1. The summed E-state index contributed by atoms with van der Waals surface area (Å²) in [5.41, 5.74) is 10.7. The molecule has 2 nitrogen and oxygen atoms in total. The number of carbonyl (C=O) groups is 1. The van der Waals surface area contributed by atoms with Gasteiger partial charge in [-0.25, -0.2) is 0 Å². The van der Waals surface area contributed by atoms with Crippen molar-refractivity contribution in [1.29, 1.82) is 0 Å². The minimum absolute atomic E-state index is 0.201. The van der Waals surface area contributed by atoms with E-state index in [9.17, 15) is 4.79 Å². The van der Waals surface area contributed by atoms with Gasteiger partial charge in [-0.1, -0.05) is 13.8 Å². The number of ketones is 1. The zero-order valence-electron chi connectivity index (χ0n) is 14.8. The van der Waals surface area contributed by atoms with E-state index in [1.165, 1.54) is 39.1 Å². The summed E-state index contributed by atoms with van der Waals surface area (Å²) >= 11 is 0. The van der Waals surface area contributed by atoms with Crippen LogP contribution in [0.3, 0.4) is 0 Å². The number of fused-ring (bicyclic) bond motifs is 2. The molecule has 118 valence electrons. The van der Waals surface area contributed by atoms with Crippen molar-refractivity contribution in [1.82, 2.24) is 4.90 Å². The van der Waals surface area contributed by atoms with Crippen molar-refractivity contribution in [3.63, 3.8) is 0 Å². The Labute approximate surface area is 134 Å². The van der Waals surface area contributed by atoms with Crippen LogP contribution in [-0.2, 0) is 12.8 Å². The molecule has 0 saturated heterocycles. The highest BCUT2D eigenvalue weighted by molar-refractivity contribution is 6.05. The molecular formula is C20H27NO. The van der Waals surface area contributed by atoms with Crippen LogP contribution in [0.15, 0.2) is 5.57 Å². The molecule has 1 atom stereocenters. The lowest BCUT2D eigenvalue weighted by molar-refractivity contribution is 0.0933. The molecule has 1 aromatic rings. The number of nitrogens with zero attached hydrogens (tertiary/aromatic N) is 1. The third-order valence-electron chi connectivity index (χ3n) is 5.66. The second-order valence-electron chi connectivity index (χ2n) is 7.01. The standard InChI is InChI=1S/C20H27NO/c1-7-13-9-15-12(4)18-16(10-14(8-2)20(18)22)11(3)17(15)19(13)21(5)6/h14H,7-10H2,1-6H3. The Morgan fingerprint density at radius 3 is 2.23 bits per heavy atom. The lowest BCUT2D eigenvalue weighted by atomic mass is 9.89. The van der Waals surface area contributed by atoms with Crippen LogP contribution in [0.1, 0.15) is 64.9 Å². The van der Waals surface area contributed by atoms with Crippen LogP contribution in [0, 0.1) is 19.8 Å². The first-order chi connectivity index (χ1) is 10.4. The summed E-state index contributed by atoms with van der Waals surface area (Å²) in [5.74, 6) is 0.588. The highest BCUT2D eigenvalue weighted by atomic mass is 16.1. The van der Waals surface area contributed by atoms with Gasteiger partial charge in [0.2, 0.25) is 0 Å². The molecule has 0 bridgehead atoms. The second kappa shape index (κ2) is 5.26. The maximum atomic E-state index is 12.7. The van der Waals surface area contributed by atoms with Gasteiger partial charge in [-0.05, 0) is 67.4 Å². The fraction of sp³-hybridized carbons (Fsp3) is 0.550. The number of allylic oxidation sites excluding steroid dienone is 1. The van der Waals surface area contributed by atoms with Gasteiger partial charge in [0.25, 0.3) is 0 Å². The zero-order chi connectivity index (χ0) is 16.2. The van der Waals surface area contributed by atoms with Crippen molar-refractivity contribution >= 4 is 11.5 Å². The van der Waals surface area contributed by atoms with Gasteiger partial charge in [0.1, 0.15) is 0 Å². The summed E-state index contributed by atoms with van der Waals surface area (Å²) < 4.78 is 0. The summed E-state index contributed by atoms with van der Waals surface area (Å²) in [6, 6.07) is 0. The van der Waals surface area contributed by atoms with E-state index in [0.717, 1.165) is 31.2 Å². The van der Waals surface area contributed by atoms with Crippen LogP contribution < -0.4 is 0 Å². The maximum Gasteiger partial charge on any atom is 0.166 e. The molecule has 2 aliphatic carbocycles. The predicted molar refractivity (Wildman–Crippen MR) is 92.3 cm³/mol. The fourth-order valence-corrected chi connectivity index (χ4v) is 4.44. The molecule has 2 heteroatoms. The van der Waals surface area contributed by atoms with Gasteiger partial charge >= 0.3 is 0 Å². The molecular weight excluding hydrogens is 270 g/mol. The van der Waals surface area contributed by atoms with Crippen molar-refractivity contribution in [3.8, 4) is 0 Å². The van der Waals surface area contributed by atoms with Crippen LogP contribution in [0.2, 0.25) is 0 Å². The predicted octanol–water partition coefficient (Wildman–Crippen LogP) is 4.31. The molecule has 1 unspecified atom stereocenters. The van der Waals surface area contributed by atoms with E-state index in [4.69, 9.17) is 0 Å². The molecule has 0 saturated carbocycles. The summed E-state index contributed by atoms with van der Waals surface area (Å²) in [6.45, 7) is 8.76. The fourth-order valence-electron chi connectivity index (χ4n) is 4.44. The van der Waals surface area contributed by atoms with Crippen LogP contribution in [0.5, 0.6) is 0 Å². The molecule has 0 N–H and O–H groups in total. The van der Waals surface area contributed by atoms with E-state index in [-0.39, 0.29) is 5.92 Å². The third kappa shape index (κ3) is 1.89. The van der Waals surface area contributed by atoms with Crippen molar-refractivity contribution in [2.75, 3.05) is 14.1 Å². The molecule has 2 aliphatic rings. The van der Waals surface area contributed by atoms with Crippen LogP contribution >= 0.6 is 0 Å². The van der Waals surface area contributed by atoms with E-state index in [1.807, 2.05) is 0 Å². The Morgan fingerprint density at radius 1 is 1.05 bits per heavy atom. The number of carbonyl (C=O) groups excluding carboxylic acids is 1. The second-order valence-corrected chi connectivity index (χ2v) is 7.01. The van der Waals surface area contributed by atoms with Crippen LogP contribution in [-0.4, -0.2) is 24.8 Å². The van der Waals surface area contributed by atoms with E-state index >= 15 is 0 Å². The number of rotatable bonds is 3. The molecule has 0 heterocycles. The van der Waals surface area contributed by atoms with E-state index in [1.54, 1.807) is 0 Å². The van der Waals surface area contributed by atoms with Gasteiger partial charge in [0.15, 0.2) is 5.78 Å². The zero-order valence-corrected chi connectivity index (χ0v) is 14.8. The van der Waals surface area contributed by atoms with Gasteiger partial charge in [-0.15, -0.1) is 0 Å². The Hall–Kier alpha value is -1.57. The van der Waals surface area contributed by atoms with Crippen molar-refractivity contribution < 1.29 is 4.79 Å². The average Bonchev–Trinajstić information content (AvgIpc) is 3.03.